The van der Waals surface area contributed by atoms with Crippen molar-refractivity contribution in [3.8, 4) is 5.75 Å². The summed E-state index contributed by atoms with van der Waals surface area (Å²) in [5.41, 5.74) is 0.778. The van der Waals surface area contributed by atoms with Crippen molar-refractivity contribution in [2.75, 3.05) is 7.05 Å². The molecule has 0 radical (unpaired) electrons. The average Bonchev–Trinajstić information content (AvgIpc) is 2.44. The molecule has 1 rings (SSSR count). The minimum Gasteiger partial charge on any atom is -0.481 e. The lowest BCUT2D eigenvalue weighted by atomic mass is 10.1. The Morgan fingerprint density at radius 3 is 2.52 bits per heavy atom. The number of carbonyl (C=O) groups excluding carboxylic acids is 1. The fourth-order valence-corrected chi connectivity index (χ4v) is 2.06. The largest absolute Gasteiger partial charge is 0.481 e. The van der Waals surface area contributed by atoms with Crippen LogP contribution in [-0.4, -0.2) is 25.1 Å². The van der Waals surface area contributed by atoms with Gasteiger partial charge in [0.1, 0.15) is 11.6 Å². The molecule has 0 bridgehead atoms. The fraction of sp³-hybridized carbons (Fsp3) is 0.562. The molecule has 0 aromatic heterocycles. The summed E-state index contributed by atoms with van der Waals surface area (Å²) in [5.74, 6) is -0.180. The third-order valence-corrected chi connectivity index (χ3v) is 3.33. The minimum absolute atomic E-state index is 0.149. The number of hydrogen-bond donors (Lipinski definition) is 2. The highest BCUT2D eigenvalue weighted by Gasteiger charge is 2.17. The maximum Gasteiger partial charge on any atom is 0.260 e. The van der Waals surface area contributed by atoms with Gasteiger partial charge >= 0.3 is 0 Å². The van der Waals surface area contributed by atoms with Crippen LogP contribution < -0.4 is 15.4 Å². The number of rotatable bonds is 8. The molecule has 1 unspecified atom stereocenters. The molecule has 1 aromatic rings. The second-order valence-corrected chi connectivity index (χ2v) is 5.11. The van der Waals surface area contributed by atoms with Gasteiger partial charge < -0.3 is 15.4 Å². The van der Waals surface area contributed by atoms with E-state index in [1.54, 1.807) is 20.0 Å². The molecule has 1 atom stereocenters. The number of hydrogen-bond acceptors (Lipinski definition) is 3. The van der Waals surface area contributed by atoms with Crippen molar-refractivity contribution in [1.29, 1.82) is 0 Å². The van der Waals surface area contributed by atoms with E-state index in [1.807, 2.05) is 13.8 Å². The lowest BCUT2D eigenvalue weighted by Gasteiger charge is -2.19. The van der Waals surface area contributed by atoms with Gasteiger partial charge in [-0.25, -0.2) is 4.39 Å². The monoisotopic (exact) mass is 296 g/mol. The molecular formula is C16H25FN2O2. The van der Waals surface area contributed by atoms with Gasteiger partial charge in [0.15, 0.2) is 6.10 Å². The van der Waals surface area contributed by atoms with Crippen LogP contribution >= 0.6 is 0 Å². The van der Waals surface area contributed by atoms with Crippen molar-refractivity contribution in [2.24, 2.45) is 0 Å². The van der Waals surface area contributed by atoms with Crippen molar-refractivity contribution in [2.45, 2.75) is 52.3 Å². The predicted molar refractivity (Wildman–Crippen MR) is 81.8 cm³/mol. The van der Waals surface area contributed by atoms with Gasteiger partial charge in [-0.15, -0.1) is 0 Å². The molecule has 0 saturated carbocycles. The van der Waals surface area contributed by atoms with Gasteiger partial charge in [-0.3, -0.25) is 4.79 Å². The van der Waals surface area contributed by atoms with Crippen LogP contribution in [0.3, 0.4) is 0 Å². The molecule has 0 fully saturated rings. The van der Waals surface area contributed by atoms with Crippen LogP contribution in [0.15, 0.2) is 18.2 Å². The minimum atomic E-state index is -0.658. The summed E-state index contributed by atoms with van der Waals surface area (Å²) in [6.45, 7) is 6.26. The molecular weight excluding hydrogens is 271 g/mol. The van der Waals surface area contributed by atoms with Gasteiger partial charge in [0, 0.05) is 18.7 Å². The number of nitrogens with one attached hydrogen (secondary N) is 2. The fourth-order valence-electron chi connectivity index (χ4n) is 2.06. The van der Waals surface area contributed by atoms with Gasteiger partial charge in [0.05, 0.1) is 0 Å². The number of halogens is 1. The molecule has 0 saturated heterocycles. The van der Waals surface area contributed by atoms with E-state index >= 15 is 0 Å². The summed E-state index contributed by atoms with van der Waals surface area (Å²) >= 11 is 0. The van der Waals surface area contributed by atoms with Crippen LogP contribution in [0.5, 0.6) is 5.75 Å². The van der Waals surface area contributed by atoms with E-state index in [0.29, 0.717) is 12.3 Å². The molecule has 5 heteroatoms. The van der Waals surface area contributed by atoms with Gasteiger partial charge in [0.25, 0.3) is 5.91 Å². The van der Waals surface area contributed by atoms with Crippen molar-refractivity contribution >= 4 is 5.91 Å². The summed E-state index contributed by atoms with van der Waals surface area (Å²) in [7, 11) is 1.79. The van der Waals surface area contributed by atoms with Crippen LogP contribution in [-0.2, 0) is 11.3 Å². The average molecular weight is 296 g/mol. The number of benzene rings is 1. The summed E-state index contributed by atoms with van der Waals surface area (Å²) in [6.07, 6.45) is 1.09. The van der Waals surface area contributed by atoms with E-state index in [1.165, 1.54) is 12.1 Å². The molecule has 2 N–H and O–H groups in total. The zero-order valence-corrected chi connectivity index (χ0v) is 13.2. The van der Waals surface area contributed by atoms with Crippen LogP contribution in [0.1, 0.15) is 39.2 Å². The number of ether oxygens (including phenoxy) is 1. The first-order chi connectivity index (χ1) is 9.99. The van der Waals surface area contributed by atoms with E-state index in [9.17, 15) is 9.18 Å². The Bertz CT molecular complexity index is 462. The number of carbonyl (C=O) groups is 1. The summed E-state index contributed by atoms with van der Waals surface area (Å²) in [4.78, 5) is 12.0. The Labute approximate surface area is 126 Å². The van der Waals surface area contributed by atoms with E-state index in [4.69, 9.17) is 4.74 Å². The van der Waals surface area contributed by atoms with Crippen molar-refractivity contribution < 1.29 is 13.9 Å². The highest BCUT2D eigenvalue weighted by Crippen LogP contribution is 2.18. The first kappa shape index (κ1) is 17.4. The molecule has 0 aliphatic heterocycles. The normalized spacial score (nSPS) is 12.3. The van der Waals surface area contributed by atoms with Gasteiger partial charge in [-0.1, -0.05) is 13.8 Å². The molecule has 0 heterocycles. The molecule has 1 aromatic carbocycles. The summed E-state index contributed by atoms with van der Waals surface area (Å²) in [6, 6.07) is 4.62. The lowest BCUT2D eigenvalue weighted by Crippen LogP contribution is -2.42. The molecule has 0 spiro atoms. The first-order valence-corrected chi connectivity index (χ1v) is 7.41. The SMILES string of the molecule is CCC(CC)NC(=O)C(C)Oc1cc(F)cc(CNC)c1. The third-order valence-electron chi connectivity index (χ3n) is 3.33. The maximum absolute atomic E-state index is 13.5. The molecule has 21 heavy (non-hydrogen) atoms. The lowest BCUT2D eigenvalue weighted by molar-refractivity contribution is -0.128. The van der Waals surface area contributed by atoms with Crippen LogP contribution in [0.2, 0.25) is 0 Å². The van der Waals surface area contributed by atoms with Crippen molar-refractivity contribution in [1.82, 2.24) is 10.6 Å². The quantitative estimate of drug-likeness (QED) is 0.775. The highest BCUT2D eigenvalue weighted by atomic mass is 19.1. The van der Waals surface area contributed by atoms with Crippen LogP contribution in [0, 0.1) is 5.82 Å². The molecule has 4 nitrogen and oxygen atoms in total. The van der Waals surface area contributed by atoms with Gasteiger partial charge in [-0.05, 0) is 44.5 Å². The van der Waals surface area contributed by atoms with E-state index < -0.39 is 6.10 Å². The smallest absolute Gasteiger partial charge is 0.260 e. The Morgan fingerprint density at radius 1 is 1.29 bits per heavy atom. The Morgan fingerprint density at radius 2 is 1.95 bits per heavy atom. The second-order valence-electron chi connectivity index (χ2n) is 5.11. The summed E-state index contributed by atoms with van der Waals surface area (Å²) in [5, 5.41) is 5.88. The van der Waals surface area contributed by atoms with Gasteiger partial charge in [0.2, 0.25) is 0 Å². The first-order valence-electron chi connectivity index (χ1n) is 7.41. The zero-order valence-electron chi connectivity index (χ0n) is 13.2. The predicted octanol–water partition coefficient (Wildman–Crippen LogP) is 2.62. The van der Waals surface area contributed by atoms with E-state index in [-0.39, 0.29) is 17.8 Å². The Kier molecular flexibility index (Phi) is 7.15. The molecule has 118 valence electrons. The second kappa shape index (κ2) is 8.62. The van der Waals surface area contributed by atoms with Gasteiger partial charge in [-0.2, -0.15) is 0 Å². The van der Waals surface area contributed by atoms with Crippen molar-refractivity contribution in [3.63, 3.8) is 0 Å². The third kappa shape index (κ3) is 5.71. The van der Waals surface area contributed by atoms with Crippen LogP contribution in [0.25, 0.3) is 0 Å². The maximum atomic E-state index is 13.5. The Hall–Kier alpha value is -1.62. The zero-order chi connectivity index (χ0) is 15.8. The van der Waals surface area contributed by atoms with E-state index in [0.717, 1.165) is 18.4 Å². The highest BCUT2D eigenvalue weighted by molar-refractivity contribution is 5.81. The van der Waals surface area contributed by atoms with Crippen LogP contribution in [0.4, 0.5) is 4.39 Å². The van der Waals surface area contributed by atoms with Crippen molar-refractivity contribution in [3.05, 3.63) is 29.6 Å². The molecule has 1 amide bonds. The molecule has 0 aliphatic carbocycles. The van der Waals surface area contributed by atoms with E-state index in [2.05, 4.69) is 10.6 Å². The molecule has 0 aliphatic rings. The number of amides is 1. The standard InChI is InChI=1S/C16H25FN2O2/c1-5-14(6-2)19-16(20)11(3)21-15-8-12(10-18-4)7-13(17)9-15/h7-9,11,14,18H,5-6,10H2,1-4H3,(H,19,20). The Balaban J connectivity index is 2.69. The summed E-state index contributed by atoms with van der Waals surface area (Å²) < 4.78 is 19.1. The topological polar surface area (TPSA) is 50.4 Å².